The monoisotopic (exact) mass is 425 g/mol. The first kappa shape index (κ1) is 21.6. The van der Waals surface area contributed by atoms with E-state index in [4.69, 9.17) is 11.6 Å². The van der Waals surface area contributed by atoms with E-state index >= 15 is 0 Å². The van der Waals surface area contributed by atoms with E-state index in [0.717, 1.165) is 27.8 Å². The van der Waals surface area contributed by atoms with Crippen LogP contribution in [0.15, 0.2) is 36.4 Å². The second-order valence-electron chi connectivity index (χ2n) is 6.49. The first-order valence-corrected chi connectivity index (χ1v) is 10.5. The maximum absolute atomic E-state index is 12.7. The van der Waals surface area contributed by atoms with Gasteiger partial charge in [-0.2, -0.15) is 0 Å². The zero-order chi connectivity index (χ0) is 21.2. The second kappa shape index (κ2) is 8.15. The van der Waals surface area contributed by atoms with Crippen LogP contribution in [0.5, 0.6) is 0 Å². The summed E-state index contributed by atoms with van der Waals surface area (Å²) in [4.78, 5) is 23.0. The summed E-state index contributed by atoms with van der Waals surface area (Å²) < 4.78 is 25.8. The number of carbonyl (C=O) groups is 1. The molecule has 0 fully saturated rings. The van der Waals surface area contributed by atoms with E-state index in [2.05, 4.69) is 5.32 Å². The van der Waals surface area contributed by atoms with E-state index in [9.17, 15) is 23.3 Å². The average molecular weight is 426 g/mol. The van der Waals surface area contributed by atoms with Gasteiger partial charge in [-0.25, -0.2) is 8.42 Å². The molecule has 28 heavy (non-hydrogen) atoms. The fourth-order valence-corrected chi connectivity index (χ4v) is 4.17. The van der Waals surface area contributed by atoms with Gasteiger partial charge >= 0.3 is 0 Å². The van der Waals surface area contributed by atoms with Gasteiger partial charge < -0.3 is 5.32 Å². The third-order valence-electron chi connectivity index (χ3n) is 3.97. The molecule has 0 aliphatic rings. The van der Waals surface area contributed by atoms with Gasteiger partial charge in [-0.1, -0.05) is 17.7 Å². The van der Waals surface area contributed by atoms with Gasteiger partial charge in [0.1, 0.15) is 6.04 Å². The highest BCUT2D eigenvalue weighted by molar-refractivity contribution is 7.92. The Bertz CT molecular complexity index is 1020. The SMILES string of the molecule is Cc1cc(C)cc(N(C(C)C(=O)Nc2cc([N+](=O)[O-])ccc2Cl)S(C)(=O)=O)c1. The van der Waals surface area contributed by atoms with E-state index in [1.54, 1.807) is 12.1 Å². The van der Waals surface area contributed by atoms with Crippen molar-refractivity contribution in [2.75, 3.05) is 15.9 Å². The zero-order valence-electron chi connectivity index (χ0n) is 15.8. The summed E-state index contributed by atoms with van der Waals surface area (Å²) in [5.74, 6) is -0.674. The van der Waals surface area contributed by atoms with Crippen molar-refractivity contribution in [2.45, 2.75) is 26.8 Å². The molecule has 0 aromatic heterocycles. The van der Waals surface area contributed by atoms with Crippen LogP contribution in [-0.2, 0) is 14.8 Å². The fraction of sp³-hybridized carbons (Fsp3) is 0.278. The summed E-state index contributed by atoms with van der Waals surface area (Å²) in [6.45, 7) is 5.08. The minimum atomic E-state index is -3.79. The number of hydrogen-bond acceptors (Lipinski definition) is 5. The van der Waals surface area contributed by atoms with E-state index < -0.39 is 26.9 Å². The van der Waals surface area contributed by atoms with Crippen molar-refractivity contribution in [2.24, 2.45) is 0 Å². The van der Waals surface area contributed by atoms with Crippen LogP contribution >= 0.6 is 11.6 Å². The van der Waals surface area contributed by atoms with Gasteiger partial charge in [0, 0.05) is 12.1 Å². The number of rotatable bonds is 6. The predicted molar refractivity (Wildman–Crippen MR) is 109 cm³/mol. The standard InChI is InChI=1S/C18H20ClN3O5S/c1-11-7-12(2)9-15(8-11)21(28(4,26)27)13(3)18(23)20-17-10-14(22(24)25)5-6-16(17)19/h5-10,13H,1-4H3,(H,20,23). The normalized spacial score (nSPS) is 12.3. The molecule has 0 bridgehead atoms. The summed E-state index contributed by atoms with van der Waals surface area (Å²) in [6.07, 6.45) is 1.01. The summed E-state index contributed by atoms with van der Waals surface area (Å²) in [6, 6.07) is 7.71. The fourth-order valence-electron chi connectivity index (χ4n) is 2.85. The Morgan fingerprint density at radius 3 is 2.25 bits per heavy atom. The Hall–Kier alpha value is -2.65. The van der Waals surface area contributed by atoms with Gasteiger partial charge in [0.25, 0.3) is 5.69 Å². The third-order valence-corrected chi connectivity index (χ3v) is 5.54. The summed E-state index contributed by atoms with van der Waals surface area (Å²) in [5, 5.41) is 13.5. The van der Waals surface area contributed by atoms with E-state index in [-0.39, 0.29) is 16.4 Å². The molecule has 150 valence electrons. The highest BCUT2D eigenvalue weighted by Gasteiger charge is 2.30. The maximum atomic E-state index is 12.7. The topological polar surface area (TPSA) is 110 Å². The lowest BCUT2D eigenvalue weighted by molar-refractivity contribution is -0.384. The van der Waals surface area contributed by atoms with Crippen molar-refractivity contribution >= 4 is 44.6 Å². The Balaban J connectivity index is 2.40. The van der Waals surface area contributed by atoms with Gasteiger partial charge in [0.2, 0.25) is 15.9 Å². The van der Waals surface area contributed by atoms with Crippen LogP contribution in [0.25, 0.3) is 0 Å². The third kappa shape index (κ3) is 4.99. The lowest BCUT2D eigenvalue weighted by Crippen LogP contribution is -2.45. The maximum Gasteiger partial charge on any atom is 0.271 e. The molecule has 10 heteroatoms. The molecule has 0 saturated carbocycles. The number of non-ortho nitro benzene ring substituents is 1. The van der Waals surface area contributed by atoms with Crippen molar-refractivity contribution in [1.29, 1.82) is 0 Å². The molecule has 0 heterocycles. The molecule has 2 aromatic carbocycles. The summed E-state index contributed by atoms with van der Waals surface area (Å²) in [5.41, 5.74) is 1.83. The minimum Gasteiger partial charge on any atom is -0.323 e. The average Bonchev–Trinajstić information content (AvgIpc) is 2.54. The van der Waals surface area contributed by atoms with Crippen LogP contribution in [0.3, 0.4) is 0 Å². The first-order chi connectivity index (χ1) is 12.9. The summed E-state index contributed by atoms with van der Waals surface area (Å²) in [7, 11) is -3.79. The Labute approximate surface area is 168 Å². The lowest BCUT2D eigenvalue weighted by Gasteiger charge is -2.29. The summed E-state index contributed by atoms with van der Waals surface area (Å²) >= 11 is 6.01. The van der Waals surface area contributed by atoms with Crippen molar-refractivity contribution in [3.8, 4) is 0 Å². The number of nitro benzene ring substituents is 1. The number of anilines is 2. The molecule has 0 saturated heterocycles. The largest absolute Gasteiger partial charge is 0.323 e. The van der Waals surface area contributed by atoms with Crippen LogP contribution < -0.4 is 9.62 Å². The van der Waals surface area contributed by atoms with Crippen LogP contribution in [0.4, 0.5) is 17.1 Å². The molecule has 0 spiro atoms. The van der Waals surface area contributed by atoms with Gasteiger partial charge in [-0.15, -0.1) is 0 Å². The van der Waals surface area contributed by atoms with Gasteiger partial charge in [-0.3, -0.25) is 19.2 Å². The number of sulfonamides is 1. The van der Waals surface area contributed by atoms with Crippen LogP contribution in [0, 0.1) is 24.0 Å². The smallest absolute Gasteiger partial charge is 0.271 e. The molecule has 2 rings (SSSR count). The zero-order valence-corrected chi connectivity index (χ0v) is 17.3. The van der Waals surface area contributed by atoms with Crippen molar-refractivity contribution in [3.05, 3.63) is 62.7 Å². The highest BCUT2D eigenvalue weighted by atomic mass is 35.5. The Morgan fingerprint density at radius 2 is 1.75 bits per heavy atom. The number of nitrogens with zero attached hydrogens (tertiary/aromatic N) is 2. The molecule has 1 N–H and O–H groups in total. The lowest BCUT2D eigenvalue weighted by atomic mass is 10.1. The Morgan fingerprint density at radius 1 is 1.18 bits per heavy atom. The van der Waals surface area contributed by atoms with Crippen LogP contribution in [0.1, 0.15) is 18.1 Å². The number of aryl methyl sites for hydroxylation is 2. The first-order valence-electron chi connectivity index (χ1n) is 8.22. The molecular weight excluding hydrogens is 406 g/mol. The molecule has 8 nitrogen and oxygen atoms in total. The van der Waals surface area contributed by atoms with Crippen LogP contribution in [0.2, 0.25) is 5.02 Å². The molecular formula is C18H20ClN3O5S. The molecule has 1 atom stereocenters. The quantitative estimate of drug-likeness (QED) is 0.561. The number of halogens is 1. The Kier molecular flexibility index (Phi) is 6.30. The molecule has 2 aromatic rings. The van der Waals surface area contributed by atoms with Crippen molar-refractivity contribution < 1.29 is 18.1 Å². The van der Waals surface area contributed by atoms with E-state index in [0.29, 0.717) is 5.69 Å². The number of nitro groups is 1. The number of hydrogen-bond donors (Lipinski definition) is 1. The van der Waals surface area contributed by atoms with E-state index in [1.165, 1.54) is 19.1 Å². The minimum absolute atomic E-state index is 0.0293. The predicted octanol–water partition coefficient (Wildman–Crippen LogP) is 3.66. The molecule has 1 amide bonds. The van der Waals surface area contributed by atoms with Crippen molar-refractivity contribution in [3.63, 3.8) is 0 Å². The van der Waals surface area contributed by atoms with Gasteiger partial charge in [-0.05, 0) is 50.1 Å². The number of carbonyl (C=O) groups excluding carboxylic acids is 1. The van der Waals surface area contributed by atoms with Crippen molar-refractivity contribution in [1.82, 2.24) is 0 Å². The molecule has 0 radical (unpaired) electrons. The second-order valence-corrected chi connectivity index (χ2v) is 8.76. The van der Waals surface area contributed by atoms with Crippen LogP contribution in [-0.4, -0.2) is 31.5 Å². The number of amides is 1. The molecule has 1 unspecified atom stereocenters. The number of nitrogens with one attached hydrogen (secondary N) is 1. The van der Waals surface area contributed by atoms with Gasteiger partial charge in [0.15, 0.2) is 0 Å². The van der Waals surface area contributed by atoms with Gasteiger partial charge in [0.05, 0.1) is 27.6 Å². The molecule has 0 aliphatic carbocycles. The molecule has 0 aliphatic heterocycles. The highest BCUT2D eigenvalue weighted by Crippen LogP contribution is 2.28. The van der Waals surface area contributed by atoms with E-state index in [1.807, 2.05) is 19.9 Å². The number of benzene rings is 2.